The predicted octanol–water partition coefficient (Wildman–Crippen LogP) is 2.94. The summed E-state index contributed by atoms with van der Waals surface area (Å²) in [6.45, 7) is 3.97. The number of aromatic amines is 1. The number of nitrogens with one attached hydrogen (secondary N) is 2. The number of nitrogens with zero attached hydrogens (tertiary/aromatic N) is 2. The molecule has 2 aromatic heterocycles. The number of carbonyl (C=O) groups excluding carboxylic acids is 2. The maximum atomic E-state index is 12.6. The Hall–Kier alpha value is -3.22. The van der Waals surface area contributed by atoms with Crippen LogP contribution in [-0.2, 0) is 9.53 Å². The van der Waals surface area contributed by atoms with E-state index in [1.807, 2.05) is 26.0 Å². The maximum absolute atomic E-state index is 12.6. The van der Waals surface area contributed by atoms with E-state index in [1.54, 1.807) is 30.6 Å². The van der Waals surface area contributed by atoms with Crippen molar-refractivity contribution in [1.29, 1.82) is 0 Å². The number of ether oxygens (including phenoxy) is 1. The van der Waals surface area contributed by atoms with Gasteiger partial charge in [0.15, 0.2) is 0 Å². The van der Waals surface area contributed by atoms with Crippen molar-refractivity contribution >= 4 is 22.9 Å². The van der Waals surface area contributed by atoms with Crippen LogP contribution >= 0.6 is 0 Å². The minimum Gasteiger partial charge on any atom is -0.467 e. The Labute approximate surface area is 157 Å². The van der Waals surface area contributed by atoms with E-state index in [0.29, 0.717) is 17.8 Å². The first kappa shape index (κ1) is 18.6. The second-order valence-electron chi connectivity index (χ2n) is 6.73. The molecule has 140 valence electrons. The molecule has 3 aromatic rings. The molecule has 7 heteroatoms. The number of fused-ring (bicyclic) bond motifs is 1. The van der Waals surface area contributed by atoms with Crippen molar-refractivity contribution in [3.8, 4) is 11.4 Å². The van der Waals surface area contributed by atoms with Crippen molar-refractivity contribution in [2.24, 2.45) is 5.92 Å². The smallest absolute Gasteiger partial charge is 0.328 e. The molecule has 7 nitrogen and oxygen atoms in total. The van der Waals surface area contributed by atoms with Crippen LogP contribution in [0.5, 0.6) is 0 Å². The number of methoxy groups -OCH3 is 1. The molecule has 0 spiro atoms. The quantitative estimate of drug-likeness (QED) is 0.654. The minimum absolute atomic E-state index is 0.243. The highest BCUT2D eigenvalue weighted by molar-refractivity contribution is 5.99. The van der Waals surface area contributed by atoms with Gasteiger partial charge in [0.1, 0.15) is 11.9 Å². The largest absolute Gasteiger partial charge is 0.467 e. The first-order valence-corrected chi connectivity index (χ1v) is 8.76. The summed E-state index contributed by atoms with van der Waals surface area (Å²) in [6, 6.07) is 8.24. The lowest BCUT2D eigenvalue weighted by Crippen LogP contribution is -2.42. The Bertz CT molecular complexity index is 950. The van der Waals surface area contributed by atoms with Crippen LogP contribution in [0.2, 0.25) is 0 Å². The molecule has 27 heavy (non-hydrogen) atoms. The predicted molar refractivity (Wildman–Crippen MR) is 102 cm³/mol. The number of hydrogen-bond donors (Lipinski definition) is 2. The second kappa shape index (κ2) is 7.99. The Morgan fingerprint density at radius 2 is 1.93 bits per heavy atom. The highest BCUT2D eigenvalue weighted by Gasteiger charge is 2.23. The highest BCUT2D eigenvalue weighted by atomic mass is 16.5. The third-order valence-electron chi connectivity index (χ3n) is 4.20. The van der Waals surface area contributed by atoms with E-state index < -0.39 is 12.0 Å². The number of hydrogen-bond acceptors (Lipinski definition) is 5. The lowest BCUT2D eigenvalue weighted by molar-refractivity contribution is -0.143. The molecule has 2 N–H and O–H groups in total. The summed E-state index contributed by atoms with van der Waals surface area (Å²) in [5, 5.41) is 2.76. The number of pyridine rings is 1. The average Bonchev–Trinajstić information content (AvgIpc) is 3.10. The van der Waals surface area contributed by atoms with Gasteiger partial charge in [-0.25, -0.2) is 9.78 Å². The lowest BCUT2D eigenvalue weighted by atomic mass is 10.0. The number of amides is 1. The molecule has 0 radical (unpaired) electrons. The van der Waals surface area contributed by atoms with Gasteiger partial charge in [-0.1, -0.05) is 13.8 Å². The van der Waals surface area contributed by atoms with Gasteiger partial charge in [-0.15, -0.1) is 0 Å². The van der Waals surface area contributed by atoms with Gasteiger partial charge < -0.3 is 15.0 Å². The topological polar surface area (TPSA) is 97.0 Å². The van der Waals surface area contributed by atoms with Crippen LogP contribution in [0.25, 0.3) is 22.4 Å². The van der Waals surface area contributed by atoms with Crippen LogP contribution < -0.4 is 5.32 Å². The SMILES string of the molecule is COC(=O)[C@H](CC(C)C)NC(=O)c1ccc2nc(-c3ccncc3)[nH]c2c1. The van der Waals surface area contributed by atoms with E-state index in [2.05, 4.69) is 20.3 Å². The van der Waals surface area contributed by atoms with E-state index in [9.17, 15) is 9.59 Å². The molecule has 0 bridgehead atoms. The van der Waals surface area contributed by atoms with E-state index in [4.69, 9.17) is 4.74 Å². The molecule has 0 aliphatic rings. The molecular formula is C20H22N4O3. The lowest BCUT2D eigenvalue weighted by Gasteiger charge is -2.18. The molecule has 1 atom stereocenters. The Morgan fingerprint density at radius 1 is 1.19 bits per heavy atom. The molecule has 0 unspecified atom stereocenters. The van der Waals surface area contributed by atoms with Crippen LogP contribution in [0.15, 0.2) is 42.7 Å². The fourth-order valence-corrected chi connectivity index (χ4v) is 2.87. The Morgan fingerprint density at radius 3 is 2.59 bits per heavy atom. The van der Waals surface area contributed by atoms with Gasteiger partial charge in [0.05, 0.1) is 18.1 Å². The molecule has 0 aliphatic carbocycles. The van der Waals surface area contributed by atoms with Crippen molar-refractivity contribution in [3.63, 3.8) is 0 Å². The minimum atomic E-state index is -0.674. The van der Waals surface area contributed by atoms with E-state index >= 15 is 0 Å². The molecule has 1 aromatic carbocycles. The van der Waals surface area contributed by atoms with Crippen LogP contribution in [0.3, 0.4) is 0 Å². The summed E-state index contributed by atoms with van der Waals surface area (Å²) in [5.41, 5.74) is 2.86. The Balaban J connectivity index is 1.83. The fraction of sp³-hybridized carbons (Fsp3) is 0.300. The number of H-pyrrole nitrogens is 1. The number of rotatable bonds is 6. The standard InChI is InChI=1S/C20H22N4O3/c1-12(2)10-17(20(26)27-3)24-19(25)14-4-5-15-16(11-14)23-18(22-15)13-6-8-21-9-7-13/h4-9,11-12,17H,10H2,1-3H3,(H,22,23)(H,24,25)/t17-/m0/s1. The summed E-state index contributed by atoms with van der Waals surface area (Å²) in [4.78, 5) is 36.3. The fourth-order valence-electron chi connectivity index (χ4n) is 2.87. The summed E-state index contributed by atoms with van der Waals surface area (Å²) in [7, 11) is 1.32. The second-order valence-corrected chi connectivity index (χ2v) is 6.73. The van der Waals surface area contributed by atoms with E-state index in [-0.39, 0.29) is 11.8 Å². The molecule has 2 heterocycles. The maximum Gasteiger partial charge on any atom is 0.328 e. The van der Waals surface area contributed by atoms with Crippen LogP contribution in [0.1, 0.15) is 30.6 Å². The summed E-state index contributed by atoms with van der Waals surface area (Å²) >= 11 is 0. The Kier molecular flexibility index (Phi) is 5.49. The van der Waals surface area contributed by atoms with Crippen molar-refractivity contribution in [2.75, 3.05) is 7.11 Å². The van der Waals surface area contributed by atoms with Crippen LogP contribution in [0.4, 0.5) is 0 Å². The van der Waals surface area contributed by atoms with E-state index in [0.717, 1.165) is 16.6 Å². The summed E-state index contributed by atoms with van der Waals surface area (Å²) in [6.07, 6.45) is 3.91. The zero-order valence-corrected chi connectivity index (χ0v) is 15.5. The van der Waals surface area contributed by atoms with Crippen molar-refractivity contribution in [2.45, 2.75) is 26.3 Å². The third-order valence-corrected chi connectivity index (χ3v) is 4.20. The zero-order valence-electron chi connectivity index (χ0n) is 15.5. The summed E-state index contributed by atoms with van der Waals surface area (Å²) in [5.74, 6) is 0.178. The van der Waals surface area contributed by atoms with Gasteiger partial charge in [0.2, 0.25) is 0 Å². The molecule has 0 aliphatic heterocycles. The molecule has 0 saturated heterocycles. The first-order chi connectivity index (χ1) is 13.0. The third kappa shape index (κ3) is 4.31. The first-order valence-electron chi connectivity index (χ1n) is 8.76. The molecule has 0 fully saturated rings. The van der Waals surface area contributed by atoms with E-state index in [1.165, 1.54) is 7.11 Å². The van der Waals surface area contributed by atoms with Crippen LogP contribution in [-0.4, -0.2) is 40.0 Å². The van der Waals surface area contributed by atoms with Crippen molar-refractivity contribution in [1.82, 2.24) is 20.3 Å². The van der Waals surface area contributed by atoms with Crippen LogP contribution in [0, 0.1) is 5.92 Å². The number of imidazole rings is 1. The molecule has 1 amide bonds. The van der Waals surface area contributed by atoms with Gasteiger partial charge in [-0.3, -0.25) is 9.78 Å². The number of benzene rings is 1. The summed E-state index contributed by atoms with van der Waals surface area (Å²) < 4.78 is 4.80. The average molecular weight is 366 g/mol. The van der Waals surface area contributed by atoms with Crippen molar-refractivity contribution in [3.05, 3.63) is 48.3 Å². The number of carbonyl (C=O) groups is 2. The van der Waals surface area contributed by atoms with Gasteiger partial charge in [-0.05, 0) is 42.7 Å². The highest BCUT2D eigenvalue weighted by Crippen LogP contribution is 2.21. The number of aromatic nitrogens is 3. The van der Waals surface area contributed by atoms with Gasteiger partial charge >= 0.3 is 5.97 Å². The normalized spacial score (nSPS) is 12.1. The zero-order chi connectivity index (χ0) is 19.4. The molecular weight excluding hydrogens is 344 g/mol. The van der Waals surface area contributed by atoms with Gasteiger partial charge in [-0.2, -0.15) is 0 Å². The van der Waals surface area contributed by atoms with Gasteiger partial charge in [0.25, 0.3) is 5.91 Å². The molecule has 0 saturated carbocycles. The van der Waals surface area contributed by atoms with Gasteiger partial charge in [0, 0.05) is 23.5 Å². The number of esters is 1. The molecule has 3 rings (SSSR count). The monoisotopic (exact) mass is 366 g/mol. The van der Waals surface area contributed by atoms with Crippen molar-refractivity contribution < 1.29 is 14.3 Å².